The van der Waals surface area contributed by atoms with Crippen molar-refractivity contribution >= 4 is 13.6 Å². The van der Waals surface area contributed by atoms with Crippen LogP contribution in [0.2, 0.25) is 12.1 Å². The molecule has 0 aliphatic heterocycles. The Labute approximate surface area is 87.3 Å². The molecule has 0 N–H and O–H groups in total. The van der Waals surface area contributed by atoms with Gasteiger partial charge in [0, 0.05) is 0 Å². The van der Waals surface area contributed by atoms with Crippen LogP contribution in [0.15, 0.2) is 30.3 Å². The predicted octanol–water partition coefficient (Wildman–Crippen LogP) is 3.63. The van der Waals surface area contributed by atoms with Crippen LogP contribution >= 0.6 is 0 Å². The second-order valence-electron chi connectivity index (χ2n) is 3.83. The van der Waals surface area contributed by atoms with Crippen molar-refractivity contribution in [3.63, 3.8) is 0 Å². The van der Waals surface area contributed by atoms with E-state index in [0.717, 1.165) is 30.1 Å². The highest BCUT2D eigenvalue weighted by atomic mass is 28.4. The lowest BCUT2D eigenvalue weighted by atomic mass is 10.4. The van der Waals surface area contributed by atoms with E-state index in [1.807, 2.05) is 30.3 Å². The van der Waals surface area contributed by atoms with Crippen LogP contribution in [0.5, 0.6) is 0 Å². The minimum Gasteiger partial charge on any atom is -0.308 e. The Morgan fingerprint density at radius 3 is 1.93 bits per heavy atom. The quantitative estimate of drug-likeness (QED) is 0.514. The first-order valence-corrected chi connectivity index (χ1v) is 7.76. The molecule has 14 heavy (non-hydrogen) atoms. The largest absolute Gasteiger partial charge is 0.308 e. The summed E-state index contributed by atoms with van der Waals surface area (Å²) < 4.78 is 14.7. The van der Waals surface area contributed by atoms with Gasteiger partial charge in [0.2, 0.25) is 0 Å². The first kappa shape index (κ1) is 11.4. The first-order chi connectivity index (χ1) is 6.73. The van der Waals surface area contributed by atoms with Crippen LogP contribution in [0.1, 0.15) is 26.7 Å². The Morgan fingerprint density at radius 1 is 1.00 bits per heavy atom. The number of rotatable bonds is 5. The van der Waals surface area contributed by atoms with Crippen molar-refractivity contribution in [3.05, 3.63) is 30.3 Å². The normalized spacial score (nSPS) is 11.6. The molecule has 0 fully saturated rings. The Balaban J connectivity index is 2.87. The Morgan fingerprint density at radius 2 is 1.50 bits per heavy atom. The Hall–Kier alpha value is -0.633. The van der Waals surface area contributed by atoms with Crippen LogP contribution in [-0.2, 0) is 0 Å². The summed E-state index contributed by atoms with van der Waals surface area (Å²) in [5.74, 6) is 0. The SMILES string of the molecule is CCC[Si](F)(CCC)c1ccccc1. The van der Waals surface area contributed by atoms with Gasteiger partial charge in [-0.2, -0.15) is 0 Å². The lowest BCUT2D eigenvalue weighted by Gasteiger charge is -2.21. The summed E-state index contributed by atoms with van der Waals surface area (Å²) in [6, 6.07) is 11.3. The van der Waals surface area contributed by atoms with Crippen molar-refractivity contribution in [1.29, 1.82) is 0 Å². The van der Waals surface area contributed by atoms with E-state index in [-0.39, 0.29) is 0 Å². The lowest BCUT2D eigenvalue weighted by molar-refractivity contribution is 0.752. The van der Waals surface area contributed by atoms with E-state index in [0.29, 0.717) is 0 Å². The van der Waals surface area contributed by atoms with Gasteiger partial charge in [0.15, 0.2) is 0 Å². The predicted molar refractivity (Wildman–Crippen MR) is 63.1 cm³/mol. The fourth-order valence-corrected chi connectivity index (χ4v) is 5.15. The number of hydrogen-bond donors (Lipinski definition) is 0. The smallest absolute Gasteiger partial charge is 0.277 e. The van der Waals surface area contributed by atoms with Crippen molar-refractivity contribution in [2.45, 2.75) is 38.8 Å². The van der Waals surface area contributed by atoms with Crippen molar-refractivity contribution in [2.75, 3.05) is 0 Å². The summed E-state index contributed by atoms with van der Waals surface area (Å²) in [5.41, 5.74) is 0. The summed E-state index contributed by atoms with van der Waals surface area (Å²) in [5, 5.41) is 0.976. The van der Waals surface area contributed by atoms with Crippen LogP contribution in [0, 0.1) is 0 Å². The monoisotopic (exact) mass is 210 g/mol. The average molecular weight is 210 g/mol. The van der Waals surface area contributed by atoms with E-state index in [9.17, 15) is 4.11 Å². The zero-order valence-corrected chi connectivity index (χ0v) is 10.1. The summed E-state index contributed by atoms with van der Waals surface area (Å²) in [6.45, 7) is 4.14. The second-order valence-corrected chi connectivity index (χ2v) is 7.34. The minimum atomic E-state index is -2.63. The van der Waals surface area contributed by atoms with Crippen LogP contribution in [0.25, 0.3) is 0 Å². The van der Waals surface area contributed by atoms with E-state index >= 15 is 0 Å². The van der Waals surface area contributed by atoms with Crippen molar-refractivity contribution in [1.82, 2.24) is 0 Å². The summed E-state index contributed by atoms with van der Waals surface area (Å²) in [6.07, 6.45) is 1.91. The first-order valence-electron chi connectivity index (χ1n) is 5.47. The van der Waals surface area contributed by atoms with E-state index < -0.39 is 8.41 Å². The van der Waals surface area contributed by atoms with Gasteiger partial charge in [-0.25, -0.2) is 0 Å². The zero-order valence-electron chi connectivity index (χ0n) is 9.09. The van der Waals surface area contributed by atoms with E-state index in [1.165, 1.54) is 0 Å². The van der Waals surface area contributed by atoms with Gasteiger partial charge in [-0.3, -0.25) is 0 Å². The van der Waals surface area contributed by atoms with Crippen molar-refractivity contribution in [3.8, 4) is 0 Å². The van der Waals surface area contributed by atoms with Crippen molar-refractivity contribution in [2.24, 2.45) is 0 Å². The van der Waals surface area contributed by atoms with Gasteiger partial charge in [-0.1, -0.05) is 57.0 Å². The minimum absolute atomic E-state index is 0.769. The fraction of sp³-hybridized carbons (Fsp3) is 0.500. The third kappa shape index (κ3) is 2.68. The molecular formula is C12H19FSi. The topological polar surface area (TPSA) is 0 Å². The second kappa shape index (κ2) is 5.30. The molecule has 0 heterocycles. The average Bonchev–Trinajstić information content (AvgIpc) is 2.20. The third-order valence-electron chi connectivity index (χ3n) is 2.58. The molecule has 0 aromatic heterocycles. The molecule has 0 saturated heterocycles. The van der Waals surface area contributed by atoms with Crippen LogP contribution in [-0.4, -0.2) is 8.41 Å². The zero-order chi connectivity index (χ0) is 10.4. The van der Waals surface area contributed by atoms with Gasteiger partial charge in [-0.05, 0) is 17.3 Å². The highest BCUT2D eigenvalue weighted by molar-refractivity contribution is 6.86. The van der Waals surface area contributed by atoms with Gasteiger partial charge in [0.05, 0.1) is 0 Å². The standard InChI is InChI=1S/C12H19FSi/c1-3-10-14(13,11-4-2)12-8-6-5-7-9-12/h5-9H,3-4,10-11H2,1-2H3. The van der Waals surface area contributed by atoms with Crippen LogP contribution in [0.3, 0.4) is 0 Å². The highest BCUT2D eigenvalue weighted by Gasteiger charge is 2.33. The molecule has 0 spiro atoms. The molecule has 1 aromatic carbocycles. The van der Waals surface area contributed by atoms with Crippen LogP contribution < -0.4 is 5.19 Å². The molecule has 0 amide bonds. The maximum Gasteiger partial charge on any atom is 0.277 e. The van der Waals surface area contributed by atoms with Gasteiger partial charge in [-0.15, -0.1) is 0 Å². The molecule has 0 radical (unpaired) electrons. The molecule has 0 aliphatic carbocycles. The third-order valence-corrected chi connectivity index (χ3v) is 6.54. The number of benzene rings is 1. The van der Waals surface area contributed by atoms with E-state index in [1.54, 1.807) is 0 Å². The Kier molecular flexibility index (Phi) is 4.33. The maximum atomic E-state index is 14.7. The number of halogens is 1. The van der Waals surface area contributed by atoms with E-state index in [2.05, 4.69) is 13.8 Å². The summed E-state index contributed by atoms with van der Waals surface area (Å²) in [7, 11) is -2.63. The fourth-order valence-electron chi connectivity index (χ4n) is 1.94. The van der Waals surface area contributed by atoms with E-state index in [4.69, 9.17) is 0 Å². The molecule has 2 heteroatoms. The molecule has 0 saturated carbocycles. The lowest BCUT2D eigenvalue weighted by Crippen LogP contribution is -2.42. The molecule has 1 rings (SSSR count). The molecule has 0 bridgehead atoms. The molecule has 0 unspecified atom stereocenters. The molecule has 78 valence electrons. The number of hydrogen-bond acceptors (Lipinski definition) is 0. The maximum absolute atomic E-state index is 14.7. The molecule has 0 nitrogen and oxygen atoms in total. The van der Waals surface area contributed by atoms with Gasteiger partial charge in [0.25, 0.3) is 8.41 Å². The molecular weight excluding hydrogens is 191 g/mol. The highest BCUT2D eigenvalue weighted by Crippen LogP contribution is 2.21. The summed E-state index contributed by atoms with van der Waals surface area (Å²) >= 11 is 0. The van der Waals surface area contributed by atoms with Gasteiger partial charge in [0.1, 0.15) is 0 Å². The Bertz CT molecular complexity index is 252. The van der Waals surface area contributed by atoms with Gasteiger partial charge >= 0.3 is 0 Å². The van der Waals surface area contributed by atoms with Crippen molar-refractivity contribution < 1.29 is 4.11 Å². The van der Waals surface area contributed by atoms with Gasteiger partial charge < -0.3 is 4.11 Å². The molecule has 1 aromatic rings. The summed E-state index contributed by atoms with van der Waals surface area (Å²) in [4.78, 5) is 0. The molecule has 0 aliphatic rings. The molecule has 0 atom stereocenters. The van der Waals surface area contributed by atoms with Crippen LogP contribution in [0.4, 0.5) is 4.11 Å².